The number of aryl methyl sites for hydroxylation is 1. The summed E-state index contributed by atoms with van der Waals surface area (Å²) in [5.74, 6) is 1.89. The van der Waals surface area contributed by atoms with Crippen LogP contribution in [0.25, 0.3) is 0 Å². The van der Waals surface area contributed by atoms with E-state index < -0.39 is 0 Å². The minimum absolute atomic E-state index is 0.337. The first-order valence-corrected chi connectivity index (χ1v) is 6.99. The Kier molecular flexibility index (Phi) is 4.99. The molecule has 1 saturated carbocycles. The zero-order chi connectivity index (χ0) is 12.8. The Morgan fingerprint density at radius 1 is 1.22 bits per heavy atom. The molecule has 5 heteroatoms. The molecule has 1 aliphatic carbocycles. The quantitative estimate of drug-likeness (QED) is 0.813. The summed E-state index contributed by atoms with van der Waals surface area (Å²) in [4.78, 5) is 0. The van der Waals surface area contributed by atoms with Crippen molar-refractivity contribution < 1.29 is 9.52 Å². The van der Waals surface area contributed by atoms with Crippen LogP contribution < -0.4 is 5.32 Å². The third kappa shape index (κ3) is 3.70. The Bertz CT molecular complexity index is 346. The highest BCUT2D eigenvalue weighted by Crippen LogP contribution is 2.28. The summed E-state index contributed by atoms with van der Waals surface area (Å²) in [7, 11) is 0. The largest absolute Gasteiger partial charge is 0.408 e. The van der Waals surface area contributed by atoms with Crippen molar-refractivity contribution in [3.8, 4) is 0 Å². The average Bonchev–Trinajstić information content (AvgIpc) is 2.85. The molecule has 0 saturated heterocycles. The van der Waals surface area contributed by atoms with Crippen molar-refractivity contribution in [2.45, 2.75) is 45.4 Å². The normalized spacial score (nSPS) is 24.1. The van der Waals surface area contributed by atoms with Gasteiger partial charge >= 0.3 is 6.01 Å². The summed E-state index contributed by atoms with van der Waals surface area (Å²) in [5, 5.41) is 20.3. The Hall–Kier alpha value is -1.10. The van der Waals surface area contributed by atoms with Gasteiger partial charge in [0, 0.05) is 19.6 Å². The van der Waals surface area contributed by atoms with Gasteiger partial charge in [-0.2, -0.15) is 0 Å². The zero-order valence-corrected chi connectivity index (χ0v) is 11.1. The molecular weight excluding hydrogens is 230 g/mol. The topological polar surface area (TPSA) is 71.2 Å². The van der Waals surface area contributed by atoms with Gasteiger partial charge < -0.3 is 14.8 Å². The fourth-order valence-electron chi connectivity index (χ4n) is 2.49. The fourth-order valence-corrected chi connectivity index (χ4v) is 2.49. The van der Waals surface area contributed by atoms with Crippen LogP contribution in [0.15, 0.2) is 4.42 Å². The van der Waals surface area contributed by atoms with E-state index in [1.807, 2.05) is 0 Å². The number of anilines is 1. The summed E-state index contributed by atoms with van der Waals surface area (Å²) >= 11 is 0. The molecule has 0 spiro atoms. The van der Waals surface area contributed by atoms with Gasteiger partial charge in [-0.3, -0.25) is 0 Å². The van der Waals surface area contributed by atoms with Crippen molar-refractivity contribution >= 4 is 6.01 Å². The molecule has 0 aliphatic heterocycles. The maximum absolute atomic E-state index is 9.09. The van der Waals surface area contributed by atoms with Crippen molar-refractivity contribution in [2.24, 2.45) is 11.8 Å². The molecule has 0 aromatic carbocycles. The molecule has 1 aromatic rings. The van der Waals surface area contributed by atoms with E-state index in [4.69, 9.17) is 9.52 Å². The van der Waals surface area contributed by atoms with Gasteiger partial charge in [-0.25, -0.2) is 0 Å². The minimum atomic E-state index is 0.337. The standard InChI is InChI=1S/C13H23N3O2/c1-2-3-12-15-16-13(18-12)14-8-10-4-6-11(9-17)7-5-10/h10-11,17H,2-9H2,1H3,(H,14,16). The molecule has 0 bridgehead atoms. The van der Waals surface area contributed by atoms with Gasteiger partial charge in [0.15, 0.2) is 0 Å². The lowest BCUT2D eigenvalue weighted by molar-refractivity contribution is 0.170. The van der Waals surface area contributed by atoms with Gasteiger partial charge in [0.1, 0.15) is 0 Å². The molecule has 1 aliphatic rings. The van der Waals surface area contributed by atoms with Crippen molar-refractivity contribution in [3.05, 3.63) is 5.89 Å². The second-order valence-corrected chi connectivity index (χ2v) is 5.20. The molecule has 1 aromatic heterocycles. The van der Waals surface area contributed by atoms with Gasteiger partial charge in [-0.05, 0) is 43.9 Å². The van der Waals surface area contributed by atoms with E-state index in [1.54, 1.807) is 0 Å². The lowest BCUT2D eigenvalue weighted by atomic mass is 9.82. The van der Waals surface area contributed by atoms with E-state index in [-0.39, 0.29) is 0 Å². The van der Waals surface area contributed by atoms with Crippen LogP contribution in [0.3, 0.4) is 0 Å². The number of hydrogen-bond acceptors (Lipinski definition) is 5. The van der Waals surface area contributed by atoms with Crippen LogP contribution in [0, 0.1) is 11.8 Å². The molecular formula is C13H23N3O2. The minimum Gasteiger partial charge on any atom is -0.408 e. The van der Waals surface area contributed by atoms with E-state index in [0.29, 0.717) is 30.3 Å². The van der Waals surface area contributed by atoms with Crippen molar-refractivity contribution in [1.29, 1.82) is 0 Å². The SMILES string of the molecule is CCCc1nnc(NCC2CCC(CO)CC2)o1. The van der Waals surface area contributed by atoms with E-state index in [1.165, 1.54) is 12.8 Å². The van der Waals surface area contributed by atoms with E-state index in [2.05, 4.69) is 22.4 Å². The molecule has 1 heterocycles. The van der Waals surface area contributed by atoms with Gasteiger partial charge in [0.25, 0.3) is 0 Å². The molecule has 18 heavy (non-hydrogen) atoms. The fraction of sp³-hybridized carbons (Fsp3) is 0.846. The second-order valence-electron chi connectivity index (χ2n) is 5.20. The van der Waals surface area contributed by atoms with Crippen LogP contribution in [-0.2, 0) is 6.42 Å². The molecule has 0 radical (unpaired) electrons. The summed E-state index contributed by atoms with van der Waals surface area (Å²) < 4.78 is 5.48. The van der Waals surface area contributed by atoms with Crippen molar-refractivity contribution in [1.82, 2.24) is 10.2 Å². The maximum Gasteiger partial charge on any atom is 0.315 e. The van der Waals surface area contributed by atoms with Crippen LogP contribution >= 0.6 is 0 Å². The number of nitrogens with one attached hydrogen (secondary N) is 1. The number of rotatable bonds is 6. The number of nitrogens with zero attached hydrogens (tertiary/aromatic N) is 2. The molecule has 2 rings (SSSR count). The van der Waals surface area contributed by atoms with Crippen LogP contribution in [0.1, 0.15) is 44.9 Å². The third-order valence-electron chi connectivity index (χ3n) is 3.70. The molecule has 0 unspecified atom stereocenters. The lowest BCUT2D eigenvalue weighted by Crippen LogP contribution is -2.22. The highest BCUT2D eigenvalue weighted by atomic mass is 16.4. The molecule has 2 N–H and O–H groups in total. The highest BCUT2D eigenvalue weighted by Gasteiger charge is 2.20. The summed E-state index contributed by atoms with van der Waals surface area (Å²) in [6.45, 7) is 3.33. The molecule has 0 amide bonds. The van der Waals surface area contributed by atoms with Gasteiger partial charge in [0.2, 0.25) is 5.89 Å². The third-order valence-corrected chi connectivity index (χ3v) is 3.70. The number of aromatic nitrogens is 2. The average molecular weight is 253 g/mol. The molecule has 1 fully saturated rings. The van der Waals surface area contributed by atoms with Crippen molar-refractivity contribution in [3.63, 3.8) is 0 Å². The zero-order valence-electron chi connectivity index (χ0n) is 11.1. The van der Waals surface area contributed by atoms with Crippen LogP contribution in [0.4, 0.5) is 6.01 Å². The Balaban J connectivity index is 1.71. The van der Waals surface area contributed by atoms with Gasteiger partial charge in [0.05, 0.1) is 0 Å². The predicted octanol–water partition coefficient (Wildman–Crippen LogP) is 2.23. The highest BCUT2D eigenvalue weighted by molar-refractivity contribution is 5.16. The van der Waals surface area contributed by atoms with Crippen LogP contribution in [0.2, 0.25) is 0 Å². The smallest absolute Gasteiger partial charge is 0.315 e. The monoisotopic (exact) mass is 253 g/mol. The number of hydrogen-bond donors (Lipinski definition) is 2. The Morgan fingerprint density at radius 2 is 1.94 bits per heavy atom. The van der Waals surface area contributed by atoms with Crippen LogP contribution in [0.5, 0.6) is 0 Å². The first-order chi connectivity index (χ1) is 8.81. The first-order valence-electron chi connectivity index (χ1n) is 6.99. The molecule has 0 atom stereocenters. The van der Waals surface area contributed by atoms with E-state index in [0.717, 1.165) is 32.2 Å². The second kappa shape index (κ2) is 6.73. The van der Waals surface area contributed by atoms with E-state index in [9.17, 15) is 0 Å². The lowest BCUT2D eigenvalue weighted by Gasteiger charge is -2.26. The summed E-state index contributed by atoms with van der Waals surface area (Å²) in [6, 6.07) is 0.544. The number of aliphatic hydroxyl groups is 1. The molecule has 5 nitrogen and oxygen atoms in total. The number of aliphatic hydroxyl groups excluding tert-OH is 1. The van der Waals surface area contributed by atoms with Gasteiger partial charge in [-0.1, -0.05) is 12.0 Å². The Morgan fingerprint density at radius 3 is 2.61 bits per heavy atom. The van der Waals surface area contributed by atoms with Crippen molar-refractivity contribution in [2.75, 3.05) is 18.5 Å². The Labute approximate surface area is 108 Å². The first kappa shape index (κ1) is 13.3. The summed E-state index contributed by atoms with van der Waals surface area (Å²) in [5.41, 5.74) is 0. The maximum atomic E-state index is 9.09. The van der Waals surface area contributed by atoms with Crippen LogP contribution in [-0.4, -0.2) is 28.5 Å². The van der Waals surface area contributed by atoms with E-state index >= 15 is 0 Å². The molecule has 102 valence electrons. The predicted molar refractivity (Wildman–Crippen MR) is 69.3 cm³/mol. The summed E-state index contributed by atoms with van der Waals surface area (Å²) in [6.07, 6.45) is 6.48. The van der Waals surface area contributed by atoms with Gasteiger partial charge in [-0.15, -0.1) is 5.10 Å².